The average molecular weight is 329 g/mol. The maximum atomic E-state index is 14.2. The Morgan fingerprint density at radius 3 is 2.33 bits per heavy atom. The molecule has 0 unspecified atom stereocenters. The number of rotatable bonds is 7. The van der Waals surface area contributed by atoms with Crippen LogP contribution in [-0.4, -0.2) is 23.5 Å². The number of halogens is 1. The summed E-state index contributed by atoms with van der Waals surface area (Å²) in [6.07, 6.45) is 1.08. The average Bonchev–Trinajstić information content (AvgIpc) is 2.54. The summed E-state index contributed by atoms with van der Waals surface area (Å²) in [5.74, 6) is -1.92. The Morgan fingerprint density at radius 1 is 1.04 bits per heavy atom. The van der Waals surface area contributed by atoms with Crippen molar-refractivity contribution in [1.29, 1.82) is 0 Å². The third-order valence-corrected chi connectivity index (χ3v) is 3.70. The molecule has 0 aliphatic heterocycles. The smallest absolute Gasteiger partial charge is 0.303 e. The van der Waals surface area contributed by atoms with Gasteiger partial charge in [-0.05, 0) is 43.0 Å². The summed E-state index contributed by atoms with van der Waals surface area (Å²) in [6.45, 7) is 2.31. The second-order valence-corrected chi connectivity index (χ2v) is 5.67. The number of aryl methyl sites for hydroxylation is 1. The molecular formula is C19H20FNO3. The molecule has 0 aliphatic carbocycles. The van der Waals surface area contributed by atoms with E-state index >= 15 is 0 Å². The van der Waals surface area contributed by atoms with Gasteiger partial charge in [-0.2, -0.15) is 0 Å². The number of unbranched alkanes of at least 4 members (excludes halogenated alkanes) is 1. The molecule has 0 atom stereocenters. The van der Waals surface area contributed by atoms with Crippen LogP contribution >= 0.6 is 0 Å². The molecule has 0 bridgehead atoms. The van der Waals surface area contributed by atoms with Crippen molar-refractivity contribution >= 4 is 11.9 Å². The predicted molar refractivity (Wildman–Crippen MR) is 90.4 cm³/mol. The van der Waals surface area contributed by atoms with Crippen molar-refractivity contribution in [1.82, 2.24) is 5.32 Å². The van der Waals surface area contributed by atoms with Crippen LogP contribution in [0, 0.1) is 12.7 Å². The van der Waals surface area contributed by atoms with Gasteiger partial charge in [0.1, 0.15) is 5.82 Å². The topological polar surface area (TPSA) is 66.4 Å². The predicted octanol–water partition coefficient (Wildman–Crippen LogP) is 3.79. The van der Waals surface area contributed by atoms with E-state index in [0.717, 1.165) is 11.1 Å². The van der Waals surface area contributed by atoms with Crippen LogP contribution in [0.3, 0.4) is 0 Å². The normalized spacial score (nSPS) is 10.4. The monoisotopic (exact) mass is 329 g/mol. The number of carboxylic acid groups (broad SMARTS) is 1. The van der Waals surface area contributed by atoms with Crippen LogP contribution in [0.25, 0.3) is 11.1 Å². The van der Waals surface area contributed by atoms with Gasteiger partial charge in [-0.15, -0.1) is 0 Å². The van der Waals surface area contributed by atoms with Crippen LogP contribution in [0.1, 0.15) is 35.2 Å². The number of carbonyl (C=O) groups is 2. The van der Waals surface area contributed by atoms with Gasteiger partial charge in [-0.25, -0.2) is 4.39 Å². The number of carboxylic acids is 1. The third kappa shape index (κ3) is 4.91. The summed E-state index contributed by atoms with van der Waals surface area (Å²) in [5, 5.41) is 11.1. The SMILES string of the molecule is Cc1ccc(-c2ccc(C(=O)NCCCCC(=O)O)c(F)c2)cc1. The first-order chi connectivity index (χ1) is 11.5. The zero-order valence-electron chi connectivity index (χ0n) is 13.5. The summed E-state index contributed by atoms with van der Waals surface area (Å²) in [6, 6.07) is 12.3. The summed E-state index contributed by atoms with van der Waals surface area (Å²) in [5.41, 5.74) is 2.72. The molecule has 126 valence electrons. The van der Waals surface area contributed by atoms with E-state index in [0.29, 0.717) is 24.9 Å². The Balaban J connectivity index is 1.97. The van der Waals surface area contributed by atoms with E-state index in [4.69, 9.17) is 5.11 Å². The quantitative estimate of drug-likeness (QED) is 0.760. The van der Waals surface area contributed by atoms with E-state index in [1.807, 2.05) is 31.2 Å². The standard InChI is InChI=1S/C19H20FNO3/c1-13-5-7-14(8-6-13)15-9-10-16(17(20)12-15)19(24)21-11-3-2-4-18(22)23/h5-10,12H,2-4,11H2,1H3,(H,21,24)(H,22,23). The van der Waals surface area contributed by atoms with Gasteiger partial charge in [0.25, 0.3) is 5.91 Å². The zero-order chi connectivity index (χ0) is 17.5. The van der Waals surface area contributed by atoms with Gasteiger partial charge in [-0.1, -0.05) is 35.9 Å². The minimum atomic E-state index is -0.862. The van der Waals surface area contributed by atoms with Crippen molar-refractivity contribution in [2.45, 2.75) is 26.2 Å². The lowest BCUT2D eigenvalue weighted by atomic mass is 10.0. The first-order valence-corrected chi connectivity index (χ1v) is 7.84. The first-order valence-electron chi connectivity index (χ1n) is 7.84. The van der Waals surface area contributed by atoms with Crippen molar-refractivity contribution in [3.8, 4) is 11.1 Å². The van der Waals surface area contributed by atoms with Crippen LogP contribution in [0.15, 0.2) is 42.5 Å². The molecule has 2 N–H and O–H groups in total. The molecule has 0 aliphatic rings. The van der Waals surface area contributed by atoms with Crippen LogP contribution in [0.2, 0.25) is 0 Å². The number of hydrogen-bond acceptors (Lipinski definition) is 2. The van der Waals surface area contributed by atoms with E-state index < -0.39 is 17.7 Å². The fourth-order valence-corrected chi connectivity index (χ4v) is 2.32. The molecule has 0 heterocycles. The lowest BCUT2D eigenvalue weighted by Gasteiger charge is -2.08. The van der Waals surface area contributed by atoms with Crippen molar-refractivity contribution in [2.24, 2.45) is 0 Å². The van der Waals surface area contributed by atoms with Gasteiger partial charge in [0, 0.05) is 13.0 Å². The van der Waals surface area contributed by atoms with Crippen molar-refractivity contribution in [3.63, 3.8) is 0 Å². The van der Waals surface area contributed by atoms with Crippen LogP contribution in [-0.2, 0) is 4.79 Å². The molecule has 2 aromatic carbocycles. The summed E-state index contributed by atoms with van der Waals surface area (Å²) >= 11 is 0. The Bertz CT molecular complexity index is 726. The highest BCUT2D eigenvalue weighted by molar-refractivity contribution is 5.95. The second kappa shape index (κ2) is 8.24. The summed E-state index contributed by atoms with van der Waals surface area (Å²) in [7, 11) is 0. The third-order valence-electron chi connectivity index (χ3n) is 3.70. The molecular weight excluding hydrogens is 309 g/mol. The van der Waals surface area contributed by atoms with Crippen LogP contribution in [0.5, 0.6) is 0 Å². The molecule has 5 heteroatoms. The molecule has 2 rings (SSSR count). The molecule has 1 amide bonds. The molecule has 0 saturated carbocycles. The van der Waals surface area contributed by atoms with E-state index in [9.17, 15) is 14.0 Å². The highest BCUT2D eigenvalue weighted by atomic mass is 19.1. The van der Waals surface area contributed by atoms with Crippen LogP contribution in [0.4, 0.5) is 4.39 Å². The zero-order valence-corrected chi connectivity index (χ0v) is 13.5. The van der Waals surface area contributed by atoms with Crippen LogP contribution < -0.4 is 5.32 Å². The fourth-order valence-electron chi connectivity index (χ4n) is 2.32. The molecule has 0 aromatic heterocycles. The van der Waals surface area contributed by atoms with Crippen molar-refractivity contribution in [3.05, 3.63) is 59.4 Å². The number of carbonyl (C=O) groups excluding carboxylic acids is 1. The molecule has 0 fully saturated rings. The molecule has 4 nitrogen and oxygen atoms in total. The Morgan fingerprint density at radius 2 is 1.71 bits per heavy atom. The number of hydrogen-bond donors (Lipinski definition) is 2. The van der Waals surface area contributed by atoms with E-state index in [1.54, 1.807) is 6.07 Å². The Labute approximate surface area is 140 Å². The van der Waals surface area contributed by atoms with E-state index in [2.05, 4.69) is 5.32 Å². The number of amides is 1. The van der Waals surface area contributed by atoms with Gasteiger partial charge in [0.15, 0.2) is 0 Å². The Kier molecular flexibility index (Phi) is 6.07. The fraction of sp³-hybridized carbons (Fsp3) is 0.263. The van der Waals surface area contributed by atoms with E-state index in [-0.39, 0.29) is 12.0 Å². The molecule has 0 radical (unpaired) electrons. The molecule has 0 spiro atoms. The lowest BCUT2D eigenvalue weighted by molar-refractivity contribution is -0.137. The highest BCUT2D eigenvalue weighted by Crippen LogP contribution is 2.22. The van der Waals surface area contributed by atoms with Crippen molar-refractivity contribution in [2.75, 3.05) is 6.54 Å². The molecule has 2 aromatic rings. The van der Waals surface area contributed by atoms with Gasteiger partial charge < -0.3 is 10.4 Å². The van der Waals surface area contributed by atoms with Gasteiger partial charge in [0.2, 0.25) is 0 Å². The second-order valence-electron chi connectivity index (χ2n) is 5.67. The van der Waals surface area contributed by atoms with E-state index in [1.165, 1.54) is 12.1 Å². The maximum absolute atomic E-state index is 14.2. The van der Waals surface area contributed by atoms with Gasteiger partial charge in [0.05, 0.1) is 5.56 Å². The van der Waals surface area contributed by atoms with Gasteiger partial charge >= 0.3 is 5.97 Å². The number of benzene rings is 2. The summed E-state index contributed by atoms with van der Waals surface area (Å²) < 4.78 is 14.2. The maximum Gasteiger partial charge on any atom is 0.303 e. The Hall–Kier alpha value is -2.69. The largest absolute Gasteiger partial charge is 0.481 e. The molecule has 24 heavy (non-hydrogen) atoms. The first kappa shape index (κ1) is 17.7. The molecule has 0 saturated heterocycles. The summed E-state index contributed by atoms with van der Waals surface area (Å²) in [4.78, 5) is 22.4. The minimum absolute atomic E-state index is 0.0101. The highest BCUT2D eigenvalue weighted by Gasteiger charge is 2.12. The minimum Gasteiger partial charge on any atom is -0.481 e. The van der Waals surface area contributed by atoms with Gasteiger partial charge in [-0.3, -0.25) is 9.59 Å². The number of nitrogens with one attached hydrogen (secondary N) is 1. The lowest BCUT2D eigenvalue weighted by Crippen LogP contribution is -2.25. The number of aliphatic carboxylic acids is 1. The van der Waals surface area contributed by atoms with Crippen molar-refractivity contribution < 1.29 is 19.1 Å².